The van der Waals surface area contributed by atoms with E-state index in [1.807, 2.05) is 0 Å². The van der Waals surface area contributed by atoms with Crippen molar-refractivity contribution in [3.63, 3.8) is 0 Å². The standard InChI is InChI=1S/C8H10NO5S/c1-14-7-3-6(9(10)11)4-8(5-7)15(2,12)13/h3-5H,1-2H3,(H,10,11)/q+1. The highest BCUT2D eigenvalue weighted by Crippen LogP contribution is 2.24. The molecule has 0 atom stereocenters. The van der Waals surface area contributed by atoms with Crippen molar-refractivity contribution in [3.05, 3.63) is 23.1 Å². The molecule has 1 aromatic rings. The molecule has 0 saturated carbocycles. The van der Waals surface area contributed by atoms with Crippen molar-refractivity contribution < 1.29 is 23.3 Å². The number of hydrogen-bond donors (Lipinski definition) is 1. The van der Waals surface area contributed by atoms with Gasteiger partial charge in [0.1, 0.15) is 5.75 Å². The Kier molecular flexibility index (Phi) is 2.94. The van der Waals surface area contributed by atoms with E-state index in [9.17, 15) is 13.3 Å². The molecule has 0 unspecified atom stereocenters. The van der Waals surface area contributed by atoms with Crippen LogP contribution in [-0.2, 0) is 9.84 Å². The summed E-state index contributed by atoms with van der Waals surface area (Å²) in [5.74, 6) is 0.183. The van der Waals surface area contributed by atoms with Gasteiger partial charge in [-0.05, 0) is 6.07 Å². The van der Waals surface area contributed by atoms with E-state index < -0.39 is 14.8 Å². The molecule has 0 heterocycles. The summed E-state index contributed by atoms with van der Waals surface area (Å²) in [6.45, 7) is 0. The first-order valence-corrected chi connectivity index (χ1v) is 5.79. The van der Waals surface area contributed by atoms with Crippen LogP contribution < -0.4 is 4.74 Å². The van der Waals surface area contributed by atoms with Crippen molar-refractivity contribution in [3.8, 4) is 5.75 Å². The van der Waals surface area contributed by atoms with Crippen molar-refractivity contribution in [2.24, 2.45) is 0 Å². The molecule has 0 bridgehead atoms. The number of rotatable bonds is 3. The van der Waals surface area contributed by atoms with Crippen molar-refractivity contribution in [2.45, 2.75) is 4.90 Å². The van der Waals surface area contributed by atoms with Crippen molar-refractivity contribution >= 4 is 15.5 Å². The molecule has 7 heteroatoms. The fourth-order valence-electron chi connectivity index (χ4n) is 0.999. The summed E-state index contributed by atoms with van der Waals surface area (Å²) in [7, 11) is -2.12. The van der Waals surface area contributed by atoms with E-state index in [1.165, 1.54) is 19.2 Å². The Balaban J connectivity index is 3.43. The first-order valence-electron chi connectivity index (χ1n) is 3.90. The molecule has 0 fully saturated rings. The molecular weight excluding hydrogens is 222 g/mol. The summed E-state index contributed by atoms with van der Waals surface area (Å²) in [6.07, 6.45) is 0.998. The number of hydrogen-bond acceptors (Lipinski definition) is 4. The second kappa shape index (κ2) is 3.85. The van der Waals surface area contributed by atoms with E-state index in [0.717, 1.165) is 12.3 Å². The van der Waals surface area contributed by atoms with Crippen LogP contribution in [0.1, 0.15) is 0 Å². The van der Waals surface area contributed by atoms with Gasteiger partial charge >= 0.3 is 5.69 Å². The molecule has 1 N–H and O–H groups in total. The van der Waals surface area contributed by atoms with E-state index >= 15 is 0 Å². The summed E-state index contributed by atoms with van der Waals surface area (Å²) in [5.41, 5.74) is -0.199. The Bertz CT molecular complexity index is 494. The van der Waals surface area contributed by atoms with E-state index in [4.69, 9.17) is 9.94 Å². The number of ether oxygens (including phenoxy) is 1. The average molecular weight is 232 g/mol. The zero-order valence-electron chi connectivity index (χ0n) is 8.17. The highest BCUT2D eigenvalue weighted by Gasteiger charge is 2.19. The molecule has 1 rings (SSSR count). The van der Waals surface area contributed by atoms with E-state index in [1.54, 1.807) is 0 Å². The smallest absolute Gasteiger partial charge is 0.321 e. The predicted octanol–water partition coefficient (Wildman–Crippen LogP) is 0.898. The second-order valence-electron chi connectivity index (χ2n) is 2.91. The lowest BCUT2D eigenvalue weighted by Gasteiger charge is -2.01. The Hall–Kier alpha value is -1.63. The summed E-state index contributed by atoms with van der Waals surface area (Å²) >= 11 is 0. The van der Waals surface area contributed by atoms with E-state index in [2.05, 4.69) is 0 Å². The molecule has 0 saturated heterocycles. The third kappa shape index (κ3) is 2.66. The van der Waals surface area contributed by atoms with Gasteiger partial charge in [-0.25, -0.2) is 13.6 Å². The third-order valence-electron chi connectivity index (χ3n) is 1.75. The van der Waals surface area contributed by atoms with Gasteiger partial charge in [0.25, 0.3) is 4.92 Å². The minimum absolute atomic E-state index is 0.0910. The van der Waals surface area contributed by atoms with Gasteiger partial charge in [-0.2, -0.15) is 0 Å². The van der Waals surface area contributed by atoms with Gasteiger partial charge in [-0.15, -0.1) is 0 Å². The molecule has 0 aliphatic rings. The molecule has 6 nitrogen and oxygen atoms in total. The van der Waals surface area contributed by atoms with Gasteiger partial charge < -0.3 is 4.74 Å². The molecule has 0 aliphatic carbocycles. The summed E-state index contributed by atoms with van der Waals surface area (Å²) in [5, 5.41) is 8.66. The highest BCUT2D eigenvalue weighted by molar-refractivity contribution is 7.90. The maximum absolute atomic E-state index is 11.2. The lowest BCUT2D eigenvalue weighted by molar-refractivity contribution is -0.729. The van der Waals surface area contributed by atoms with Crippen LogP contribution in [0, 0.1) is 4.91 Å². The Morgan fingerprint density at radius 2 is 1.93 bits per heavy atom. The van der Waals surface area contributed by atoms with Crippen molar-refractivity contribution in [2.75, 3.05) is 13.4 Å². The maximum Gasteiger partial charge on any atom is 0.321 e. The number of sulfone groups is 1. The van der Waals surface area contributed by atoms with Gasteiger partial charge in [-0.3, -0.25) is 0 Å². The van der Waals surface area contributed by atoms with Crippen LogP contribution in [-0.4, -0.2) is 31.9 Å². The third-order valence-corrected chi connectivity index (χ3v) is 2.84. The van der Waals surface area contributed by atoms with Crippen LogP contribution in [0.25, 0.3) is 0 Å². The molecule has 15 heavy (non-hydrogen) atoms. The largest absolute Gasteiger partial charge is 0.496 e. The number of methoxy groups -OCH3 is 1. The molecule has 0 spiro atoms. The molecule has 0 amide bonds. The molecular formula is C8H10NO5S+. The first kappa shape index (κ1) is 11.4. The van der Waals surface area contributed by atoms with Crippen LogP contribution in [0.5, 0.6) is 5.75 Å². The zero-order valence-corrected chi connectivity index (χ0v) is 8.98. The molecule has 1 aromatic carbocycles. The monoisotopic (exact) mass is 232 g/mol. The molecule has 0 aromatic heterocycles. The summed E-state index contributed by atoms with van der Waals surface area (Å²) < 4.78 is 27.2. The maximum atomic E-state index is 11.2. The quantitative estimate of drug-likeness (QED) is 0.783. The predicted molar refractivity (Wildman–Crippen MR) is 51.2 cm³/mol. The normalized spacial score (nSPS) is 11.1. The highest BCUT2D eigenvalue weighted by atomic mass is 32.2. The van der Waals surface area contributed by atoms with Crippen molar-refractivity contribution in [1.82, 2.24) is 0 Å². The molecule has 82 valence electrons. The lowest BCUT2D eigenvalue weighted by atomic mass is 10.3. The average Bonchev–Trinajstić information content (AvgIpc) is 2.15. The van der Waals surface area contributed by atoms with Gasteiger partial charge in [-0.1, -0.05) is 0 Å². The van der Waals surface area contributed by atoms with Gasteiger partial charge in [0, 0.05) is 12.3 Å². The minimum atomic E-state index is -3.45. The summed E-state index contributed by atoms with van der Waals surface area (Å²) in [4.78, 5) is 10.1. The Morgan fingerprint density at radius 1 is 1.33 bits per heavy atom. The Labute approximate surface area is 86.6 Å². The lowest BCUT2D eigenvalue weighted by Crippen LogP contribution is -2.00. The second-order valence-corrected chi connectivity index (χ2v) is 4.93. The minimum Gasteiger partial charge on any atom is -0.496 e. The molecule has 0 aliphatic heterocycles. The van der Waals surface area contributed by atoms with E-state index in [0.29, 0.717) is 0 Å². The topological polar surface area (TPSA) is 83.7 Å². The fraction of sp³-hybridized carbons (Fsp3) is 0.250. The SMILES string of the molecule is COc1cc([N+](=O)O)cc(S(C)(=O)=O)c1. The van der Waals surface area contributed by atoms with Crippen LogP contribution in [0.15, 0.2) is 23.1 Å². The number of nitrogens with zero attached hydrogens (tertiary/aromatic N) is 1. The zero-order chi connectivity index (χ0) is 11.6. The first-order chi connectivity index (χ1) is 6.84. The van der Waals surface area contributed by atoms with Crippen LogP contribution in [0.4, 0.5) is 5.69 Å². The fourth-order valence-corrected chi connectivity index (χ4v) is 1.66. The Morgan fingerprint density at radius 3 is 2.33 bits per heavy atom. The van der Waals surface area contributed by atoms with Gasteiger partial charge in [0.15, 0.2) is 9.84 Å². The number of benzene rings is 1. The van der Waals surface area contributed by atoms with Crippen LogP contribution >= 0.6 is 0 Å². The van der Waals surface area contributed by atoms with E-state index in [-0.39, 0.29) is 16.3 Å². The van der Waals surface area contributed by atoms with Gasteiger partial charge in [0.05, 0.1) is 23.0 Å². The van der Waals surface area contributed by atoms with Gasteiger partial charge in [0.2, 0.25) is 0 Å². The van der Waals surface area contributed by atoms with Crippen LogP contribution in [0.3, 0.4) is 0 Å². The molecule has 0 radical (unpaired) electrons. The summed E-state index contributed by atoms with van der Waals surface area (Å²) in [6, 6.07) is 3.55. The van der Waals surface area contributed by atoms with Crippen LogP contribution in [0.2, 0.25) is 0 Å². The van der Waals surface area contributed by atoms with Crippen molar-refractivity contribution in [1.29, 1.82) is 0 Å².